The average Bonchev–Trinajstić information content (AvgIpc) is 2.77. The van der Waals surface area contributed by atoms with Crippen LogP contribution in [0, 0.1) is 11.3 Å². The molecule has 1 aliphatic rings. The van der Waals surface area contributed by atoms with Gasteiger partial charge in [-0.05, 0) is 36.8 Å². The van der Waals surface area contributed by atoms with Crippen LogP contribution in [0.1, 0.15) is 22.3 Å². The van der Waals surface area contributed by atoms with E-state index in [4.69, 9.17) is 5.26 Å². The van der Waals surface area contributed by atoms with Crippen molar-refractivity contribution in [2.24, 2.45) is 0 Å². The van der Waals surface area contributed by atoms with Crippen LogP contribution >= 0.6 is 0 Å². The summed E-state index contributed by atoms with van der Waals surface area (Å²) in [6, 6.07) is 14.1. The molecule has 0 saturated carbocycles. The highest BCUT2D eigenvalue weighted by Gasteiger charge is 2.26. The van der Waals surface area contributed by atoms with Crippen molar-refractivity contribution in [3.8, 4) is 6.07 Å². The molecule has 2 aromatic rings. The Morgan fingerprint density at radius 3 is 2.62 bits per heavy atom. The SMILES string of the molecule is N#Cc1cccc(C(=O)NCCCS(=O)(=O)N2CCN(c3ccccn3)CC2)c1. The van der Waals surface area contributed by atoms with Gasteiger partial charge >= 0.3 is 0 Å². The van der Waals surface area contributed by atoms with Gasteiger partial charge in [-0.1, -0.05) is 12.1 Å². The number of hydrogen-bond acceptors (Lipinski definition) is 6. The topological polar surface area (TPSA) is 106 Å². The lowest BCUT2D eigenvalue weighted by Crippen LogP contribution is -2.49. The van der Waals surface area contributed by atoms with Crippen LogP contribution in [0.3, 0.4) is 0 Å². The molecule has 1 saturated heterocycles. The number of anilines is 1. The Hall–Kier alpha value is -2.96. The Morgan fingerprint density at radius 1 is 1.14 bits per heavy atom. The monoisotopic (exact) mass is 413 g/mol. The molecule has 1 aromatic heterocycles. The minimum atomic E-state index is -3.37. The summed E-state index contributed by atoms with van der Waals surface area (Å²) < 4.78 is 26.6. The summed E-state index contributed by atoms with van der Waals surface area (Å²) in [6.45, 7) is 2.30. The number of nitrogens with one attached hydrogen (secondary N) is 1. The number of hydrogen-bond donors (Lipinski definition) is 1. The van der Waals surface area contributed by atoms with Gasteiger partial charge in [0.25, 0.3) is 5.91 Å². The first-order chi connectivity index (χ1) is 14.0. The summed E-state index contributed by atoms with van der Waals surface area (Å²) >= 11 is 0. The lowest BCUT2D eigenvalue weighted by Gasteiger charge is -2.34. The number of rotatable bonds is 7. The minimum absolute atomic E-state index is 0.0187. The maximum absolute atomic E-state index is 12.6. The smallest absolute Gasteiger partial charge is 0.251 e. The molecule has 8 nitrogen and oxygen atoms in total. The van der Waals surface area contributed by atoms with Crippen molar-refractivity contribution in [2.75, 3.05) is 43.4 Å². The van der Waals surface area contributed by atoms with Gasteiger partial charge in [-0.25, -0.2) is 13.4 Å². The second-order valence-corrected chi connectivity index (χ2v) is 8.78. The fourth-order valence-corrected chi connectivity index (χ4v) is 4.64. The van der Waals surface area contributed by atoms with Gasteiger partial charge < -0.3 is 10.2 Å². The van der Waals surface area contributed by atoms with Gasteiger partial charge in [0.05, 0.1) is 17.4 Å². The normalized spacial score (nSPS) is 14.9. The summed E-state index contributed by atoms with van der Waals surface area (Å²) in [5.41, 5.74) is 0.794. The number of nitriles is 1. The van der Waals surface area contributed by atoms with Crippen LogP contribution in [-0.2, 0) is 10.0 Å². The molecule has 0 spiro atoms. The highest BCUT2D eigenvalue weighted by Crippen LogP contribution is 2.15. The summed E-state index contributed by atoms with van der Waals surface area (Å²) in [5.74, 6) is 0.519. The first-order valence-corrected chi connectivity index (χ1v) is 11.0. The molecule has 9 heteroatoms. The number of benzene rings is 1. The lowest BCUT2D eigenvalue weighted by molar-refractivity contribution is 0.0953. The number of aromatic nitrogens is 1. The molecule has 0 bridgehead atoms. The van der Waals surface area contributed by atoms with Crippen LogP contribution in [0.2, 0.25) is 0 Å². The molecule has 1 N–H and O–H groups in total. The van der Waals surface area contributed by atoms with E-state index < -0.39 is 10.0 Å². The molecule has 0 radical (unpaired) electrons. The van der Waals surface area contributed by atoms with Crippen molar-refractivity contribution in [1.82, 2.24) is 14.6 Å². The van der Waals surface area contributed by atoms with Crippen molar-refractivity contribution in [1.29, 1.82) is 5.26 Å². The third-order valence-corrected chi connectivity index (χ3v) is 6.68. The Bertz CT molecular complexity index is 981. The molecule has 1 amide bonds. The van der Waals surface area contributed by atoms with E-state index in [-0.39, 0.29) is 18.2 Å². The average molecular weight is 414 g/mol. The molecule has 29 heavy (non-hydrogen) atoms. The number of carbonyl (C=O) groups is 1. The molecule has 1 aliphatic heterocycles. The zero-order valence-electron chi connectivity index (χ0n) is 16.0. The van der Waals surface area contributed by atoms with E-state index in [1.165, 1.54) is 10.4 Å². The zero-order valence-corrected chi connectivity index (χ0v) is 16.8. The first kappa shape index (κ1) is 20.8. The first-order valence-electron chi connectivity index (χ1n) is 9.42. The van der Waals surface area contributed by atoms with Gasteiger partial charge in [-0.3, -0.25) is 4.79 Å². The summed E-state index contributed by atoms with van der Waals surface area (Å²) in [4.78, 5) is 18.5. The largest absolute Gasteiger partial charge is 0.354 e. The number of pyridine rings is 1. The molecule has 3 rings (SSSR count). The van der Waals surface area contributed by atoms with Gasteiger partial charge in [0.1, 0.15) is 5.82 Å². The highest BCUT2D eigenvalue weighted by atomic mass is 32.2. The summed E-state index contributed by atoms with van der Waals surface area (Å²) in [7, 11) is -3.37. The summed E-state index contributed by atoms with van der Waals surface area (Å²) in [5, 5.41) is 11.6. The maximum Gasteiger partial charge on any atom is 0.251 e. The quantitative estimate of drug-likeness (QED) is 0.684. The molecule has 0 aliphatic carbocycles. The van der Waals surface area contributed by atoms with E-state index in [9.17, 15) is 13.2 Å². The third kappa shape index (κ3) is 5.53. The van der Waals surface area contributed by atoms with Gasteiger partial charge in [-0.2, -0.15) is 9.57 Å². The molecular weight excluding hydrogens is 390 g/mol. The van der Waals surface area contributed by atoms with Crippen LogP contribution < -0.4 is 10.2 Å². The van der Waals surface area contributed by atoms with E-state index in [0.29, 0.717) is 43.7 Å². The van der Waals surface area contributed by atoms with Crippen molar-refractivity contribution < 1.29 is 13.2 Å². The molecule has 152 valence electrons. The van der Waals surface area contributed by atoms with Crippen molar-refractivity contribution in [3.63, 3.8) is 0 Å². The van der Waals surface area contributed by atoms with E-state index >= 15 is 0 Å². The van der Waals surface area contributed by atoms with Crippen molar-refractivity contribution >= 4 is 21.7 Å². The van der Waals surface area contributed by atoms with Crippen LogP contribution in [0.25, 0.3) is 0 Å². The molecule has 1 aromatic carbocycles. The Kier molecular flexibility index (Phi) is 6.80. The predicted molar refractivity (Wildman–Crippen MR) is 110 cm³/mol. The van der Waals surface area contributed by atoms with E-state index in [1.54, 1.807) is 24.4 Å². The Balaban J connectivity index is 1.43. The Labute approximate surface area is 170 Å². The molecular formula is C20H23N5O3S. The predicted octanol–water partition coefficient (Wildman–Crippen LogP) is 1.23. The number of piperazine rings is 1. The van der Waals surface area contributed by atoms with Crippen LogP contribution in [0.4, 0.5) is 5.82 Å². The van der Waals surface area contributed by atoms with Crippen LogP contribution in [0.15, 0.2) is 48.7 Å². The number of carbonyl (C=O) groups excluding carboxylic acids is 1. The van der Waals surface area contributed by atoms with Gasteiger partial charge in [0, 0.05) is 44.5 Å². The second kappa shape index (κ2) is 9.49. The van der Waals surface area contributed by atoms with Gasteiger partial charge in [-0.15, -0.1) is 0 Å². The Morgan fingerprint density at radius 2 is 1.93 bits per heavy atom. The fraction of sp³-hybridized carbons (Fsp3) is 0.350. The van der Waals surface area contributed by atoms with Crippen LogP contribution in [-0.4, -0.2) is 62.1 Å². The zero-order chi connectivity index (χ0) is 20.7. The van der Waals surface area contributed by atoms with Crippen LogP contribution in [0.5, 0.6) is 0 Å². The van der Waals surface area contributed by atoms with E-state index in [0.717, 1.165) is 5.82 Å². The van der Waals surface area contributed by atoms with Gasteiger partial charge in [0.15, 0.2) is 0 Å². The number of sulfonamides is 1. The van der Waals surface area contributed by atoms with E-state index in [2.05, 4.69) is 15.2 Å². The molecule has 0 unspecified atom stereocenters. The standard InChI is InChI=1S/C20H23N5O3S/c21-16-17-5-3-6-18(15-17)20(26)23-9-4-14-29(27,28)25-12-10-24(11-13-25)19-7-1-2-8-22-19/h1-3,5-8,15H,4,9-14H2,(H,23,26). The van der Waals surface area contributed by atoms with Crippen molar-refractivity contribution in [3.05, 3.63) is 59.8 Å². The fourth-order valence-electron chi connectivity index (χ4n) is 3.15. The maximum atomic E-state index is 12.6. The molecule has 1 fully saturated rings. The number of nitrogens with zero attached hydrogens (tertiary/aromatic N) is 4. The highest BCUT2D eigenvalue weighted by molar-refractivity contribution is 7.89. The number of amides is 1. The third-order valence-electron chi connectivity index (χ3n) is 4.72. The van der Waals surface area contributed by atoms with Crippen molar-refractivity contribution in [2.45, 2.75) is 6.42 Å². The second-order valence-electron chi connectivity index (χ2n) is 6.69. The molecule has 0 atom stereocenters. The lowest BCUT2D eigenvalue weighted by atomic mass is 10.1. The molecule has 2 heterocycles. The summed E-state index contributed by atoms with van der Waals surface area (Å²) in [6.07, 6.45) is 2.05. The van der Waals surface area contributed by atoms with E-state index in [1.807, 2.05) is 24.3 Å². The van der Waals surface area contributed by atoms with Gasteiger partial charge in [0.2, 0.25) is 10.0 Å². The minimum Gasteiger partial charge on any atom is -0.354 e.